The van der Waals surface area contributed by atoms with Gasteiger partial charge in [0.05, 0.1) is 7.05 Å². The third-order valence-corrected chi connectivity index (χ3v) is 7.74. The molecule has 1 nitrogen and oxygen atoms in total. The molecule has 4 rings (SSSR count). The lowest BCUT2D eigenvalue weighted by atomic mass is 10.2. The molecular weight excluding hydrogens is 309 g/mol. The molecule has 0 atom stereocenters. The Bertz CT molecular complexity index is 895. The monoisotopic (exact) mass is 327 g/mol. The molecule has 0 radical (unpaired) electrons. The number of rotatable bonds is 3. The summed E-state index contributed by atoms with van der Waals surface area (Å²) in [6.45, 7) is 0. The van der Waals surface area contributed by atoms with Gasteiger partial charge < -0.3 is 5.16 Å². The van der Waals surface area contributed by atoms with Crippen LogP contribution < -0.4 is 5.30 Å². The fraction of sp³-hybridized carbons (Fsp3) is 0. The van der Waals surface area contributed by atoms with Crippen molar-refractivity contribution in [3.05, 3.63) is 114 Å². The molecule has 0 spiro atoms. The molecule has 0 amide bonds. The van der Waals surface area contributed by atoms with Crippen LogP contribution in [0.3, 0.4) is 0 Å². The number of hydrogen-bond acceptors (Lipinski definition) is 1. The third-order valence-electron chi connectivity index (χ3n) is 4.40. The Kier molecular flexibility index (Phi) is 3.80. The van der Waals surface area contributed by atoms with Gasteiger partial charge in [-0.3, -0.25) is 0 Å². The molecule has 1 aliphatic rings. The van der Waals surface area contributed by atoms with Crippen molar-refractivity contribution in [1.82, 2.24) is 0 Å². The Labute approximate surface area is 142 Å². The van der Waals surface area contributed by atoms with Crippen LogP contribution in [-0.4, -0.2) is 0 Å². The van der Waals surface area contributed by atoms with E-state index in [-0.39, 0.29) is 0 Å². The second kappa shape index (κ2) is 6.11. The maximum atomic E-state index is 9.59. The van der Waals surface area contributed by atoms with E-state index >= 15 is 0 Å². The lowest BCUT2D eigenvalue weighted by Gasteiger charge is -2.26. The lowest BCUT2D eigenvalue weighted by Crippen LogP contribution is -2.05. The summed E-state index contributed by atoms with van der Waals surface area (Å²) in [6.07, 6.45) is 4.29. The Morgan fingerprint density at radius 1 is 0.500 bits per heavy atom. The van der Waals surface area contributed by atoms with E-state index in [9.17, 15) is 5.16 Å². The van der Waals surface area contributed by atoms with Gasteiger partial charge >= 0.3 is 0 Å². The van der Waals surface area contributed by atoms with E-state index in [1.807, 2.05) is 54.6 Å². The van der Waals surface area contributed by atoms with E-state index in [4.69, 9.17) is 0 Å². The first-order valence-corrected chi connectivity index (χ1v) is 9.83. The summed E-state index contributed by atoms with van der Waals surface area (Å²) < 4.78 is 0. The maximum absolute atomic E-state index is 9.59. The normalized spacial score (nSPS) is 15.7. The molecule has 0 saturated carbocycles. The molecule has 116 valence electrons. The van der Waals surface area contributed by atoms with Crippen LogP contribution >= 0.6 is 7.05 Å². The Morgan fingerprint density at radius 2 is 0.875 bits per heavy atom. The predicted molar refractivity (Wildman–Crippen MR) is 105 cm³/mol. The van der Waals surface area contributed by atoms with E-state index in [0.717, 1.165) is 27.1 Å². The molecule has 1 heterocycles. The lowest BCUT2D eigenvalue weighted by molar-refractivity contribution is 1.58. The minimum atomic E-state index is -2.36. The summed E-state index contributed by atoms with van der Waals surface area (Å²) in [5.74, 6) is 0. The second-order valence-electron chi connectivity index (χ2n) is 5.84. The van der Waals surface area contributed by atoms with Gasteiger partial charge in [-0.25, -0.2) is 0 Å². The molecular formula is C22H18NP. The van der Waals surface area contributed by atoms with Gasteiger partial charge in [0.2, 0.25) is 0 Å². The van der Waals surface area contributed by atoms with Crippen LogP contribution in [0.2, 0.25) is 0 Å². The van der Waals surface area contributed by atoms with E-state index in [1.165, 1.54) is 0 Å². The molecule has 0 aliphatic carbocycles. The van der Waals surface area contributed by atoms with Crippen LogP contribution in [0.5, 0.6) is 0 Å². The number of allylic oxidation sites excluding steroid dienone is 2. The van der Waals surface area contributed by atoms with Gasteiger partial charge in [-0.1, -0.05) is 103 Å². The average molecular weight is 327 g/mol. The summed E-state index contributed by atoms with van der Waals surface area (Å²) in [5.41, 5.74) is 2.29. The summed E-state index contributed by atoms with van der Waals surface area (Å²) in [6, 6.07) is 31.0. The quantitative estimate of drug-likeness (QED) is 0.555. The molecule has 3 aromatic carbocycles. The first-order valence-electron chi connectivity index (χ1n) is 8.04. The Hall–Kier alpha value is -2.63. The van der Waals surface area contributed by atoms with E-state index in [0.29, 0.717) is 0 Å². The summed E-state index contributed by atoms with van der Waals surface area (Å²) in [5, 5.41) is 13.0. The largest absolute Gasteiger partial charge is 0.305 e. The molecule has 0 fully saturated rings. The van der Waals surface area contributed by atoms with Crippen molar-refractivity contribution in [2.24, 2.45) is 0 Å². The van der Waals surface area contributed by atoms with Crippen LogP contribution in [0.1, 0.15) is 11.1 Å². The maximum Gasteiger partial charge on any atom is 0.0524 e. The molecule has 1 N–H and O–H groups in total. The summed E-state index contributed by atoms with van der Waals surface area (Å²) >= 11 is 0. The van der Waals surface area contributed by atoms with Gasteiger partial charge in [0.25, 0.3) is 0 Å². The SMILES string of the molecule is N=P1(c2ccccc2)C(c2ccccc2)=CC=C1c1ccccc1. The van der Waals surface area contributed by atoms with Crippen LogP contribution in [-0.2, 0) is 0 Å². The van der Waals surface area contributed by atoms with E-state index in [2.05, 4.69) is 48.6 Å². The van der Waals surface area contributed by atoms with Crippen molar-refractivity contribution in [2.45, 2.75) is 0 Å². The molecule has 0 aromatic heterocycles. The topological polar surface area (TPSA) is 23.9 Å². The van der Waals surface area contributed by atoms with Crippen molar-refractivity contribution in [2.75, 3.05) is 0 Å². The first-order chi connectivity index (χ1) is 11.8. The van der Waals surface area contributed by atoms with Crippen LogP contribution in [0.4, 0.5) is 0 Å². The molecule has 3 aromatic rings. The van der Waals surface area contributed by atoms with Gasteiger partial charge in [-0.2, -0.15) is 0 Å². The van der Waals surface area contributed by atoms with Crippen LogP contribution in [0.15, 0.2) is 103 Å². The standard InChI is InChI=1S/C22H18NP/c23-24(20-14-8-3-9-15-20)21(18-10-4-1-5-11-18)16-17-22(24)19-12-6-2-7-13-19/h1-17,23H. The minimum Gasteiger partial charge on any atom is -0.305 e. The van der Waals surface area contributed by atoms with Gasteiger partial charge in [-0.15, -0.1) is 0 Å². The zero-order valence-electron chi connectivity index (χ0n) is 13.3. The average Bonchev–Trinajstić information content (AvgIpc) is 3.02. The Morgan fingerprint density at radius 3 is 1.29 bits per heavy atom. The van der Waals surface area contributed by atoms with E-state index < -0.39 is 7.05 Å². The highest BCUT2D eigenvalue weighted by Gasteiger charge is 2.33. The zero-order chi connectivity index (χ0) is 16.4. The Balaban J connectivity index is 1.92. The van der Waals surface area contributed by atoms with E-state index in [1.54, 1.807) is 0 Å². The minimum absolute atomic E-state index is 1.10. The molecule has 2 heteroatoms. The molecule has 24 heavy (non-hydrogen) atoms. The summed E-state index contributed by atoms with van der Waals surface area (Å²) in [4.78, 5) is 0. The van der Waals surface area contributed by atoms with Crippen molar-refractivity contribution in [3.63, 3.8) is 0 Å². The van der Waals surface area contributed by atoms with Gasteiger partial charge in [0.1, 0.15) is 0 Å². The first kappa shape index (κ1) is 14.9. The van der Waals surface area contributed by atoms with Gasteiger partial charge in [0, 0.05) is 10.6 Å². The predicted octanol–water partition coefficient (Wildman–Crippen LogP) is 6.19. The fourth-order valence-electron chi connectivity index (χ4n) is 3.24. The molecule has 0 bridgehead atoms. The fourth-order valence-corrected chi connectivity index (χ4v) is 6.34. The van der Waals surface area contributed by atoms with Crippen molar-refractivity contribution >= 4 is 23.0 Å². The number of benzene rings is 3. The van der Waals surface area contributed by atoms with Crippen molar-refractivity contribution < 1.29 is 0 Å². The number of nitrogens with one attached hydrogen (secondary N) is 1. The summed E-state index contributed by atoms with van der Waals surface area (Å²) in [7, 11) is -2.36. The number of hydrogen-bond donors (Lipinski definition) is 1. The van der Waals surface area contributed by atoms with Crippen molar-refractivity contribution in [1.29, 1.82) is 5.16 Å². The highest BCUT2D eigenvalue weighted by Crippen LogP contribution is 2.70. The molecule has 0 unspecified atom stereocenters. The van der Waals surface area contributed by atoms with Crippen LogP contribution in [0.25, 0.3) is 10.6 Å². The van der Waals surface area contributed by atoms with Crippen molar-refractivity contribution in [3.8, 4) is 0 Å². The van der Waals surface area contributed by atoms with Gasteiger partial charge in [-0.05, 0) is 16.4 Å². The third kappa shape index (κ3) is 2.38. The zero-order valence-corrected chi connectivity index (χ0v) is 14.2. The van der Waals surface area contributed by atoms with Crippen LogP contribution in [0, 0.1) is 5.16 Å². The second-order valence-corrected chi connectivity index (χ2v) is 8.66. The van der Waals surface area contributed by atoms with Gasteiger partial charge in [0.15, 0.2) is 0 Å². The molecule has 1 aliphatic heterocycles. The molecule has 0 saturated heterocycles. The smallest absolute Gasteiger partial charge is 0.0524 e. The highest BCUT2D eigenvalue weighted by atomic mass is 31.2. The highest BCUT2D eigenvalue weighted by molar-refractivity contribution is 7.91.